The molecule has 6 nitrogen and oxygen atoms in total. The van der Waals surface area contributed by atoms with E-state index in [1.807, 2.05) is 4.90 Å². The zero-order valence-electron chi connectivity index (χ0n) is 12.5. The highest BCUT2D eigenvalue weighted by atomic mass is 79.9. The van der Waals surface area contributed by atoms with Crippen molar-refractivity contribution in [2.24, 2.45) is 0 Å². The first-order chi connectivity index (χ1) is 10.6. The van der Waals surface area contributed by atoms with E-state index in [0.29, 0.717) is 36.2 Å². The van der Waals surface area contributed by atoms with Crippen molar-refractivity contribution >= 4 is 27.7 Å². The fraction of sp³-hybridized carbons (Fsp3) is 0.533. The number of carbonyl (C=O) groups excluding carboxylic acids is 2. The van der Waals surface area contributed by atoms with Crippen molar-refractivity contribution in [1.29, 1.82) is 0 Å². The van der Waals surface area contributed by atoms with Gasteiger partial charge < -0.3 is 15.0 Å². The topological polar surface area (TPSA) is 71.5 Å². The largest absolute Gasteiger partial charge is 0.384 e. The van der Waals surface area contributed by atoms with Gasteiger partial charge >= 0.3 is 0 Å². The van der Waals surface area contributed by atoms with Crippen LogP contribution < -0.4 is 5.32 Å². The van der Waals surface area contributed by atoms with Crippen molar-refractivity contribution in [2.45, 2.75) is 25.3 Å². The minimum atomic E-state index is -0.113. The molecular formula is C15H20BrN3O3. The molecule has 1 aromatic rings. The van der Waals surface area contributed by atoms with E-state index in [4.69, 9.17) is 4.74 Å². The first kappa shape index (κ1) is 16.9. The number of methoxy groups -OCH3 is 1. The molecule has 0 aromatic carbocycles. The lowest BCUT2D eigenvalue weighted by Gasteiger charge is -2.32. The molecule has 2 heterocycles. The number of hydrogen-bond donors (Lipinski definition) is 1. The van der Waals surface area contributed by atoms with Crippen LogP contribution in [0.15, 0.2) is 22.9 Å². The third-order valence-corrected chi connectivity index (χ3v) is 4.35. The first-order valence-electron chi connectivity index (χ1n) is 7.29. The van der Waals surface area contributed by atoms with Crippen LogP contribution >= 0.6 is 15.9 Å². The number of carbonyl (C=O) groups is 2. The summed E-state index contributed by atoms with van der Waals surface area (Å²) >= 11 is 3.33. The SMILES string of the molecule is COCCC(=O)N1CCC(NC(=O)c2ccncc2Br)CC1. The molecule has 7 heteroatoms. The van der Waals surface area contributed by atoms with Crippen molar-refractivity contribution in [2.75, 3.05) is 26.8 Å². The molecule has 0 saturated carbocycles. The molecule has 1 saturated heterocycles. The highest BCUT2D eigenvalue weighted by Gasteiger charge is 2.24. The third kappa shape index (κ3) is 4.51. The number of hydrogen-bond acceptors (Lipinski definition) is 4. The molecule has 0 spiro atoms. The summed E-state index contributed by atoms with van der Waals surface area (Å²) in [5, 5.41) is 3.02. The lowest BCUT2D eigenvalue weighted by atomic mass is 10.0. The average molecular weight is 370 g/mol. The van der Waals surface area contributed by atoms with E-state index < -0.39 is 0 Å². The zero-order valence-corrected chi connectivity index (χ0v) is 14.1. The van der Waals surface area contributed by atoms with Crippen molar-refractivity contribution in [1.82, 2.24) is 15.2 Å². The molecule has 120 valence electrons. The number of aromatic nitrogens is 1. The van der Waals surface area contributed by atoms with E-state index in [2.05, 4.69) is 26.2 Å². The predicted molar refractivity (Wildman–Crippen MR) is 85.5 cm³/mol. The molecule has 0 bridgehead atoms. The molecule has 1 aromatic heterocycles. The van der Waals surface area contributed by atoms with Gasteiger partial charge in [0.15, 0.2) is 0 Å². The second-order valence-electron chi connectivity index (χ2n) is 5.23. The maximum Gasteiger partial charge on any atom is 0.252 e. The first-order valence-corrected chi connectivity index (χ1v) is 8.08. The lowest BCUT2D eigenvalue weighted by molar-refractivity contribution is -0.133. The number of pyridine rings is 1. The van der Waals surface area contributed by atoms with Gasteiger partial charge in [-0.25, -0.2) is 0 Å². The Balaban J connectivity index is 1.81. The summed E-state index contributed by atoms with van der Waals surface area (Å²) in [4.78, 5) is 29.9. The maximum atomic E-state index is 12.2. The smallest absolute Gasteiger partial charge is 0.252 e. The van der Waals surface area contributed by atoms with Crippen LogP contribution in [-0.4, -0.2) is 54.5 Å². The average Bonchev–Trinajstić information content (AvgIpc) is 2.53. The Hall–Kier alpha value is -1.47. The molecule has 0 aliphatic carbocycles. The summed E-state index contributed by atoms with van der Waals surface area (Å²) in [5.74, 6) is 0.00180. The van der Waals surface area contributed by atoms with Crippen LogP contribution in [0.5, 0.6) is 0 Å². The molecule has 1 aliphatic heterocycles. The number of nitrogens with zero attached hydrogens (tertiary/aromatic N) is 2. The van der Waals surface area contributed by atoms with Gasteiger partial charge in [-0.3, -0.25) is 14.6 Å². The number of halogens is 1. The molecule has 1 aliphatic rings. The van der Waals surface area contributed by atoms with Gasteiger partial charge in [-0.1, -0.05) is 0 Å². The second-order valence-corrected chi connectivity index (χ2v) is 6.08. The van der Waals surface area contributed by atoms with Crippen LogP contribution in [0.4, 0.5) is 0 Å². The Labute approximate surface area is 138 Å². The van der Waals surface area contributed by atoms with Crippen LogP contribution in [0, 0.1) is 0 Å². The van der Waals surface area contributed by atoms with Crippen LogP contribution in [-0.2, 0) is 9.53 Å². The van der Waals surface area contributed by atoms with Crippen molar-refractivity contribution in [3.05, 3.63) is 28.5 Å². The van der Waals surface area contributed by atoms with Crippen molar-refractivity contribution < 1.29 is 14.3 Å². The molecule has 1 fully saturated rings. The molecule has 0 radical (unpaired) electrons. The van der Waals surface area contributed by atoms with Crippen LogP contribution in [0.3, 0.4) is 0 Å². The minimum absolute atomic E-state index is 0.0963. The van der Waals surface area contributed by atoms with Gasteiger partial charge in [0.05, 0.1) is 18.6 Å². The van der Waals surface area contributed by atoms with E-state index in [1.165, 1.54) is 0 Å². The Bertz CT molecular complexity index is 531. The monoisotopic (exact) mass is 369 g/mol. The molecule has 2 amide bonds. The Morgan fingerprint density at radius 2 is 2.18 bits per heavy atom. The fourth-order valence-corrected chi connectivity index (χ4v) is 2.87. The van der Waals surface area contributed by atoms with Gasteiger partial charge in [0.25, 0.3) is 5.91 Å². The summed E-state index contributed by atoms with van der Waals surface area (Å²) in [6, 6.07) is 1.78. The van der Waals surface area contributed by atoms with Crippen LogP contribution in [0.25, 0.3) is 0 Å². The van der Waals surface area contributed by atoms with Gasteiger partial charge in [0.2, 0.25) is 5.91 Å². The highest BCUT2D eigenvalue weighted by molar-refractivity contribution is 9.10. The predicted octanol–water partition coefficient (Wildman–Crippen LogP) is 1.60. The molecular weight excluding hydrogens is 350 g/mol. The molecule has 2 rings (SSSR count). The Morgan fingerprint density at radius 3 is 2.82 bits per heavy atom. The molecule has 0 atom stereocenters. The number of amides is 2. The number of likely N-dealkylation sites (tertiary alicyclic amines) is 1. The molecule has 1 N–H and O–H groups in total. The summed E-state index contributed by atoms with van der Waals surface area (Å²) in [5.41, 5.74) is 0.577. The normalized spacial score (nSPS) is 15.6. The molecule has 0 unspecified atom stereocenters. The number of piperidine rings is 1. The number of ether oxygens (including phenoxy) is 1. The maximum absolute atomic E-state index is 12.2. The van der Waals surface area contributed by atoms with Gasteiger partial charge in [0.1, 0.15) is 0 Å². The van der Waals surface area contributed by atoms with E-state index in [9.17, 15) is 9.59 Å². The van der Waals surface area contributed by atoms with Crippen molar-refractivity contribution in [3.63, 3.8) is 0 Å². The van der Waals surface area contributed by atoms with Crippen LogP contribution in [0.2, 0.25) is 0 Å². The van der Waals surface area contributed by atoms with E-state index in [1.54, 1.807) is 25.6 Å². The van der Waals surface area contributed by atoms with E-state index in [-0.39, 0.29) is 17.9 Å². The van der Waals surface area contributed by atoms with Gasteiger partial charge in [-0.05, 0) is 34.8 Å². The van der Waals surface area contributed by atoms with Gasteiger partial charge in [0, 0.05) is 43.1 Å². The quantitative estimate of drug-likeness (QED) is 0.855. The standard InChI is InChI=1S/C15H20BrN3O3/c1-22-9-5-14(20)19-7-3-11(4-8-19)18-15(21)12-2-6-17-10-13(12)16/h2,6,10-11H,3-5,7-9H2,1H3,(H,18,21). The summed E-state index contributed by atoms with van der Waals surface area (Å²) < 4.78 is 5.60. The summed E-state index contributed by atoms with van der Waals surface area (Å²) in [7, 11) is 1.59. The van der Waals surface area contributed by atoms with Gasteiger partial charge in [-0.2, -0.15) is 0 Å². The lowest BCUT2D eigenvalue weighted by Crippen LogP contribution is -2.46. The summed E-state index contributed by atoms with van der Waals surface area (Å²) in [6.45, 7) is 1.79. The second kappa shape index (κ2) is 8.24. The summed E-state index contributed by atoms with van der Waals surface area (Å²) in [6.07, 6.45) is 5.15. The third-order valence-electron chi connectivity index (χ3n) is 3.72. The fourth-order valence-electron chi connectivity index (χ4n) is 2.44. The van der Waals surface area contributed by atoms with Crippen molar-refractivity contribution in [3.8, 4) is 0 Å². The number of nitrogens with one attached hydrogen (secondary N) is 1. The van der Waals surface area contributed by atoms with Gasteiger partial charge in [-0.15, -0.1) is 0 Å². The Kier molecular flexibility index (Phi) is 6.33. The van der Waals surface area contributed by atoms with E-state index >= 15 is 0 Å². The van der Waals surface area contributed by atoms with Crippen LogP contribution in [0.1, 0.15) is 29.6 Å². The zero-order chi connectivity index (χ0) is 15.9. The Morgan fingerprint density at radius 1 is 1.45 bits per heavy atom. The van der Waals surface area contributed by atoms with E-state index in [0.717, 1.165) is 12.8 Å². The molecule has 22 heavy (non-hydrogen) atoms. The minimum Gasteiger partial charge on any atom is -0.384 e. The highest BCUT2D eigenvalue weighted by Crippen LogP contribution is 2.16. The number of rotatable bonds is 5.